The minimum atomic E-state index is -0.943. The molecule has 3 aromatic carbocycles. The monoisotopic (exact) mass is 548 g/mol. The first kappa shape index (κ1) is 27.1. The topological polar surface area (TPSA) is 105 Å². The molecule has 1 N–H and O–H groups in total. The summed E-state index contributed by atoms with van der Waals surface area (Å²) in [5, 5.41) is 2.99. The second kappa shape index (κ2) is 12.6. The van der Waals surface area contributed by atoms with Crippen LogP contribution in [0.5, 0.6) is 28.7 Å². The summed E-state index contributed by atoms with van der Waals surface area (Å²) in [6.07, 6.45) is 0.646. The Morgan fingerprint density at radius 1 is 0.900 bits per heavy atom. The van der Waals surface area contributed by atoms with Crippen LogP contribution in [0.25, 0.3) is 0 Å². The first-order chi connectivity index (χ1) is 19.6. The molecule has 2 amide bonds. The van der Waals surface area contributed by atoms with Crippen molar-refractivity contribution in [2.75, 3.05) is 40.5 Å². The van der Waals surface area contributed by atoms with Gasteiger partial charge in [0.15, 0.2) is 23.0 Å². The lowest BCUT2D eigenvalue weighted by atomic mass is 10.0. The highest BCUT2D eigenvalue weighted by Gasteiger charge is 2.33. The number of amides is 2. The molecule has 40 heavy (non-hydrogen) atoms. The van der Waals surface area contributed by atoms with E-state index >= 15 is 0 Å². The Kier molecular flexibility index (Phi) is 8.56. The van der Waals surface area contributed by atoms with Gasteiger partial charge in [-0.3, -0.25) is 9.59 Å². The molecule has 1 atom stereocenters. The largest absolute Gasteiger partial charge is 0.497 e. The van der Waals surface area contributed by atoms with Gasteiger partial charge in [0.05, 0.1) is 7.11 Å². The quantitative estimate of drug-likeness (QED) is 0.338. The number of ether oxygens (including phenoxy) is 6. The minimum Gasteiger partial charge on any atom is -0.497 e. The number of methoxy groups -OCH3 is 1. The highest BCUT2D eigenvalue weighted by atomic mass is 16.7. The van der Waals surface area contributed by atoms with Crippen molar-refractivity contribution < 1.29 is 38.0 Å². The zero-order valence-electron chi connectivity index (χ0n) is 22.5. The number of carbonyl (C=O) groups excluding carboxylic acids is 2. The van der Waals surface area contributed by atoms with Crippen molar-refractivity contribution in [2.45, 2.75) is 25.9 Å². The third-order valence-corrected chi connectivity index (χ3v) is 6.63. The maximum atomic E-state index is 14.2. The van der Waals surface area contributed by atoms with Crippen LogP contribution in [0.4, 0.5) is 0 Å². The predicted octanol–water partition coefficient (Wildman–Crippen LogP) is 4.08. The molecule has 1 unspecified atom stereocenters. The number of hydrogen-bond donors (Lipinski definition) is 1. The van der Waals surface area contributed by atoms with Crippen LogP contribution in [0.1, 0.15) is 40.9 Å². The molecule has 0 saturated heterocycles. The first-order valence-corrected chi connectivity index (χ1v) is 13.2. The highest BCUT2D eigenvalue weighted by Crippen LogP contribution is 2.36. The summed E-state index contributed by atoms with van der Waals surface area (Å²) in [7, 11) is 1.58. The van der Waals surface area contributed by atoms with E-state index in [1.54, 1.807) is 60.5 Å². The fraction of sp³-hybridized carbons (Fsp3) is 0.333. The maximum absolute atomic E-state index is 14.2. The van der Waals surface area contributed by atoms with Crippen molar-refractivity contribution in [2.24, 2.45) is 0 Å². The zero-order valence-corrected chi connectivity index (χ0v) is 22.5. The van der Waals surface area contributed by atoms with Crippen LogP contribution in [-0.4, -0.2) is 57.2 Å². The van der Waals surface area contributed by atoms with E-state index in [0.717, 1.165) is 5.56 Å². The van der Waals surface area contributed by atoms with Crippen LogP contribution < -0.4 is 29.0 Å². The third-order valence-electron chi connectivity index (χ3n) is 6.63. The van der Waals surface area contributed by atoms with Gasteiger partial charge < -0.3 is 38.6 Å². The molecule has 0 bridgehead atoms. The van der Waals surface area contributed by atoms with Crippen LogP contribution in [0.3, 0.4) is 0 Å². The van der Waals surface area contributed by atoms with E-state index in [1.165, 1.54) is 0 Å². The molecule has 0 aromatic heterocycles. The Labute approximate surface area is 232 Å². The van der Waals surface area contributed by atoms with Gasteiger partial charge in [-0.15, -0.1) is 0 Å². The molecule has 10 heteroatoms. The molecule has 5 rings (SSSR count). The van der Waals surface area contributed by atoms with Crippen LogP contribution >= 0.6 is 0 Å². The average molecular weight is 549 g/mol. The molecular formula is C30H32N2O8. The molecule has 0 aliphatic carbocycles. The third kappa shape index (κ3) is 6.07. The molecule has 0 fully saturated rings. The number of rotatable bonds is 12. The Morgan fingerprint density at radius 3 is 2.27 bits per heavy atom. The van der Waals surface area contributed by atoms with E-state index in [1.807, 2.05) is 19.1 Å². The molecule has 2 aliphatic heterocycles. The van der Waals surface area contributed by atoms with E-state index in [-0.39, 0.29) is 31.9 Å². The van der Waals surface area contributed by atoms with Gasteiger partial charge in [-0.25, -0.2) is 0 Å². The van der Waals surface area contributed by atoms with Gasteiger partial charge in [0.25, 0.3) is 5.91 Å². The van der Waals surface area contributed by atoms with Crippen molar-refractivity contribution >= 4 is 11.8 Å². The van der Waals surface area contributed by atoms with Gasteiger partial charge >= 0.3 is 0 Å². The Balaban J connectivity index is 1.51. The SMILES string of the molecule is CCOCCCNC(=O)C(c1ccc(OC)cc1)N(Cc1ccc2c(c1)OCO2)C(=O)c1ccc2c(c1)OCO2. The van der Waals surface area contributed by atoms with E-state index in [0.29, 0.717) is 66.1 Å². The smallest absolute Gasteiger partial charge is 0.255 e. The fourth-order valence-electron chi connectivity index (χ4n) is 4.60. The normalized spacial score (nSPS) is 13.6. The average Bonchev–Trinajstić information content (AvgIpc) is 3.65. The summed E-state index contributed by atoms with van der Waals surface area (Å²) >= 11 is 0. The van der Waals surface area contributed by atoms with Crippen LogP contribution in [0, 0.1) is 0 Å². The van der Waals surface area contributed by atoms with Crippen LogP contribution in [-0.2, 0) is 16.1 Å². The Hall–Kier alpha value is -4.44. The Morgan fingerprint density at radius 2 is 1.57 bits per heavy atom. The molecule has 2 heterocycles. The lowest BCUT2D eigenvalue weighted by Gasteiger charge is -2.32. The predicted molar refractivity (Wildman–Crippen MR) is 145 cm³/mol. The molecule has 0 radical (unpaired) electrons. The summed E-state index contributed by atoms with van der Waals surface area (Å²) in [4.78, 5) is 29.5. The van der Waals surface area contributed by atoms with Crippen LogP contribution in [0.15, 0.2) is 60.7 Å². The van der Waals surface area contributed by atoms with E-state index in [2.05, 4.69) is 5.32 Å². The molecule has 3 aromatic rings. The number of benzene rings is 3. The van der Waals surface area contributed by atoms with Crippen molar-refractivity contribution in [3.8, 4) is 28.7 Å². The lowest BCUT2D eigenvalue weighted by molar-refractivity contribution is -0.126. The van der Waals surface area contributed by atoms with Gasteiger partial charge in [-0.2, -0.15) is 0 Å². The van der Waals surface area contributed by atoms with E-state index in [9.17, 15) is 9.59 Å². The summed E-state index contributed by atoms with van der Waals surface area (Å²) in [5.74, 6) is 2.26. The maximum Gasteiger partial charge on any atom is 0.255 e. The molecule has 10 nitrogen and oxygen atoms in total. The minimum absolute atomic E-state index is 0.0898. The second-order valence-electron chi connectivity index (χ2n) is 9.21. The fourth-order valence-corrected chi connectivity index (χ4v) is 4.60. The first-order valence-electron chi connectivity index (χ1n) is 13.2. The standard InChI is InChI=1S/C30H32N2O8/c1-3-36-14-4-13-31-29(33)28(21-6-9-23(35-2)10-7-21)32(17-20-5-11-24-26(15-20)39-18-37-24)30(34)22-8-12-25-27(16-22)40-19-38-25/h5-12,15-16,28H,3-4,13-14,17-19H2,1-2H3,(H,31,33). The highest BCUT2D eigenvalue weighted by molar-refractivity contribution is 5.98. The molecule has 0 spiro atoms. The van der Waals surface area contributed by atoms with Crippen LogP contribution in [0.2, 0.25) is 0 Å². The number of nitrogens with zero attached hydrogens (tertiary/aromatic N) is 1. The number of hydrogen-bond acceptors (Lipinski definition) is 8. The summed E-state index contributed by atoms with van der Waals surface area (Å²) in [6, 6.07) is 16.7. The number of nitrogens with one attached hydrogen (secondary N) is 1. The van der Waals surface area contributed by atoms with Gasteiger partial charge in [-0.05, 0) is 66.9 Å². The number of fused-ring (bicyclic) bond motifs is 2. The number of carbonyl (C=O) groups is 2. The van der Waals surface area contributed by atoms with Crippen molar-refractivity contribution in [3.63, 3.8) is 0 Å². The Bertz CT molecular complexity index is 1340. The lowest BCUT2D eigenvalue weighted by Crippen LogP contribution is -2.43. The molecule has 0 saturated carbocycles. The van der Waals surface area contributed by atoms with Gasteiger partial charge in [-0.1, -0.05) is 18.2 Å². The zero-order chi connectivity index (χ0) is 27.9. The van der Waals surface area contributed by atoms with Gasteiger partial charge in [0.2, 0.25) is 19.5 Å². The van der Waals surface area contributed by atoms with Gasteiger partial charge in [0.1, 0.15) is 11.8 Å². The second-order valence-corrected chi connectivity index (χ2v) is 9.21. The molecular weight excluding hydrogens is 516 g/mol. The van der Waals surface area contributed by atoms with E-state index in [4.69, 9.17) is 28.4 Å². The van der Waals surface area contributed by atoms with E-state index < -0.39 is 6.04 Å². The molecule has 210 valence electrons. The van der Waals surface area contributed by atoms with Gasteiger partial charge in [0, 0.05) is 31.9 Å². The summed E-state index contributed by atoms with van der Waals surface area (Å²) in [6.45, 7) is 3.82. The van der Waals surface area contributed by atoms with Crippen molar-refractivity contribution in [1.29, 1.82) is 0 Å². The van der Waals surface area contributed by atoms with Crippen molar-refractivity contribution in [1.82, 2.24) is 10.2 Å². The van der Waals surface area contributed by atoms with Crippen molar-refractivity contribution in [3.05, 3.63) is 77.4 Å². The summed E-state index contributed by atoms with van der Waals surface area (Å²) in [5.41, 5.74) is 1.78. The summed E-state index contributed by atoms with van der Waals surface area (Å²) < 4.78 is 32.7. The molecule has 2 aliphatic rings.